The smallest absolute Gasteiger partial charge is 0.0752 e. The zero-order valence-electron chi connectivity index (χ0n) is 7.14. The molecule has 2 aliphatic carbocycles. The van der Waals surface area contributed by atoms with Crippen molar-refractivity contribution in [1.82, 2.24) is 0 Å². The Morgan fingerprint density at radius 2 is 2.00 bits per heavy atom. The molecule has 0 saturated carbocycles. The molecule has 0 bridgehead atoms. The lowest BCUT2D eigenvalue weighted by molar-refractivity contribution is 0.187. The van der Waals surface area contributed by atoms with Crippen molar-refractivity contribution in [2.45, 2.75) is 45.1 Å². The Balaban J connectivity index is 2.26. The summed E-state index contributed by atoms with van der Waals surface area (Å²) < 4.78 is 0. The van der Waals surface area contributed by atoms with Crippen LogP contribution in [0.5, 0.6) is 0 Å². The summed E-state index contributed by atoms with van der Waals surface area (Å²) in [6, 6.07) is 0. The largest absolute Gasteiger partial charge is 0.389 e. The summed E-state index contributed by atoms with van der Waals surface area (Å²) in [5.74, 6) is 0.764. The molecule has 0 aromatic heterocycles. The van der Waals surface area contributed by atoms with Crippen molar-refractivity contribution in [2.24, 2.45) is 5.92 Å². The lowest BCUT2D eigenvalue weighted by Gasteiger charge is -2.21. The minimum absolute atomic E-state index is 0.0799. The molecule has 0 spiro atoms. The fourth-order valence-electron chi connectivity index (χ4n) is 2.47. The van der Waals surface area contributed by atoms with Crippen LogP contribution in [0.15, 0.2) is 11.1 Å². The van der Waals surface area contributed by atoms with E-state index in [9.17, 15) is 5.11 Å². The Morgan fingerprint density at radius 3 is 2.73 bits per heavy atom. The van der Waals surface area contributed by atoms with Crippen molar-refractivity contribution in [3.05, 3.63) is 11.1 Å². The summed E-state index contributed by atoms with van der Waals surface area (Å²) in [6.07, 6.45) is 5.83. The van der Waals surface area contributed by atoms with Crippen LogP contribution in [0.25, 0.3) is 0 Å². The van der Waals surface area contributed by atoms with Crippen LogP contribution in [0.2, 0.25) is 0 Å². The highest BCUT2D eigenvalue weighted by atomic mass is 16.3. The van der Waals surface area contributed by atoms with Crippen molar-refractivity contribution in [2.75, 3.05) is 0 Å². The molecule has 2 rings (SSSR count). The molecule has 0 radical (unpaired) electrons. The van der Waals surface area contributed by atoms with Crippen LogP contribution in [0.4, 0.5) is 0 Å². The van der Waals surface area contributed by atoms with Crippen LogP contribution in [0.3, 0.4) is 0 Å². The molecule has 1 N–H and O–H groups in total. The maximum absolute atomic E-state index is 9.64. The highest BCUT2D eigenvalue weighted by Gasteiger charge is 2.28. The molecular formula is C10H16O. The highest BCUT2D eigenvalue weighted by Crippen LogP contribution is 2.40. The monoisotopic (exact) mass is 152 g/mol. The lowest BCUT2D eigenvalue weighted by Crippen LogP contribution is -2.15. The predicted octanol–water partition coefficient (Wildman–Crippen LogP) is 2.26. The van der Waals surface area contributed by atoms with Gasteiger partial charge in [-0.15, -0.1) is 0 Å². The van der Waals surface area contributed by atoms with E-state index in [-0.39, 0.29) is 6.10 Å². The van der Waals surface area contributed by atoms with E-state index < -0.39 is 0 Å². The van der Waals surface area contributed by atoms with Crippen molar-refractivity contribution < 1.29 is 5.11 Å². The minimum Gasteiger partial charge on any atom is -0.389 e. The molecule has 1 unspecified atom stereocenters. The molecule has 2 aliphatic rings. The third kappa shape index (κ3) is 1.12. The molecule has 0 aromatic carbocycles. The number of allylic oxidation sites excluding steroid dienone is 1. The Morgan fingerprint density at radius 1 is 1.18 bits per heavy atom. The second kappa shape index (κ2) is 2.63. The molecule has 1 heteroatoms. The lowest BCUT2D eigenvalue weighted by atomic mass is 9.89. The molecule has 0 fully saturated rings. The molecule has 0 amide bonds. The van der Waals surface area contributed by atoms with Gasteiger partial charge in [0.25, 0.3) is 0 Å². The fraction of sp³-hybridized carbons (Fsp3) is 0.800. The maximum Gasteiger partial charge on any atom is 0.0752 e. The highest BCUT2D eigenvalue weighted by molar-refractivity contribution is 5.27. The number of aliphatic hydroxyl groups excluding tert-OH is 1. The summed E-state index contributed by atoms with van der Waals surface area (Å²) in [6.45, 7) is 2.29. The number of hydrogen-bond donors (Lipinski definition) is 1. The molecular weight excluding hydrogens is 136 g/mol. The van der Waals surface area contributed by atoms with Gasteiger partial charge in [0.2, 0.25) is 0 Å². The van der Waals surface area contributed by atoms with Gasteiger partial charge in [-0.3, -0.25) is 0 Å². The van der Waals surface area contributed by atoms with E-state index in [1.807, 2.05) is 0 Å². The first-order valence-electron chi connectivity index (χ1n) is 4.69. The zero-order chi connectivity index (χ0) is 7.84. The Hall–Kier alpha value is -0.300. The summed E-state index contributed by atoms with van der Waals surface area (Å²) in [5.41, 5.74) is 2.98. The number of aliphatic hydroxyl groups is 1. The first-order valence-corrected chi connectivity index (χ1v) is 4.69. The van der Waals surface area contributed by atoms with E-state index in [4.69, 9.17) is 0 Å². The average Bonchev–Trinajstić information content (AvgIpc) is 2.35. The fourth-order valence-corrected chi connectivity index (χ4v) is 2.47. The molecule has 62 valence electrons. The van der Waals surface area contributed by atoms with Gasteiger partial charge in [-0.25, -0.2) is 0 Å². The summed E-state index contributed by atoms with van der Waals surface area (Å²) >= 11 is 0. The van der Waals surface area contributed by atoms with Crippen LogP contribution >= 0.6 is 0 Å². The topological polar surface area (TPSA) is 20.2 Å². The van der Waals surface area contributed by atoms with Crippen LogP contribution < -0.4 is 0 Å². The normalized spacial score (nSPS) is 37.6. The van der Waals surface area contributed by atoms with Gasteiger partial charge in [0.1, 0.15) is 0 Å². The molecule has 11 heavy (non-hydrogen) atoms. The van der Waals surface area contributed by atoms with Crippen LogP contribution in [0.1, 0.15) is 39.0 Å². The first kappa shape index (κ1) is 7.35. The van der Waals surface area contributed by atoms with Gasteiger partial charge in [-0.2, -0.15) is 0 Å². The minimum atomic E-state index is -0.0799. The molecule has 0 saturated heterocycles. The number of hydrogen-bond acceptors (Lipinski definition) is 1. The van der Waals surface area contributed by atoms with Crippen molar-refractivity contribution >= 4 is 0 Å². The van der Waals surface area contributed by atoms with Crippen LogP contribution in [-0.4, -0.2) is 11.2 Å². The van der Waals surface area contributed by atoms with Crippen LogP contribution in [-0.2, 0) is 0 Å². The van der Waals surface area contributed by atoms with Crippen molar-refractivity contribution in [1.29, 1.82) is 0 Å². The van der Waals surface area contributed by atoms with Gasteiger partial charge >= 0.3 is 0 Å². The van der Waals surface area contributed by atoms with E-state index in [1.54, 1.807) is 5.57 Å². The SMILES string of the molecule is C[C@@H]1CCC2=C1CCCC2O. The van der Waals surface area contributed by atoms with Gasteiger partial charge in [0, 0.05) is 0 Å². The Kier molecular flexibility index (Phi) is 1.76. The quantitative estimate of drug-likeness (QED) is 0.528. The molecule has 2 atom stereocenters. The van der Waals surface area contributed by atoms with E-state index >= 15 is 0 Å². The Bertz CT molecular complexity index is 193. The summed E-state index contributed by atoms with van der Waals surface area (Å²) in [5, 5.41) is 9.64. The van der Waals surface area contributed by atoms with Gasteiger partial charge in [0.15, 0.2) is 0 Å². The third-order valence-electron chi connectivity index (χ3n) is 3.18. The molecule has 0 aliphatic heterocycles. The maximum atomic E-state index is 9.64. The predicted molar refractivity (Wildman–Crippen MR) is 45.3 cm³/mol. The second-order valence-corrected chi connectivity index (χ2v) is 3.90. The van der Waals surface area contributed by atoms with E-state index in [2.05, 4.69) is 6.92 Å². The summed E-state index contributed by atoms with van der Waals surface area (Å²) in [7, 11) is 0. The zero-order valence-corrected chi connectivity index (χ0v) is 7.14. The van der Waals surface area contributed by atoms with Gasteiger partial charge in [-0.05, 0) is 43.6 Å². The van der Waals surface area contributed by atoms with Crippen molar-refractivity contribution in [3.8, 4) is 0 Å². The van der Waals surface area contributed by atoms with E-state index in [0.29, 0.717) is 0 Å². The standard InChI is InChI=1S/C10H16O/c1-7-5-6-9-8(7)3-2-4-10(9)11/h7,10-11H,2-6H2,1H3/t7-,10?/m1/s1. The third-order valence-corrected chi connectivity index (χ3v) is 3.18. The number of rotatable bonds is 0. The molecule has 0 aromatic rings. The first-order chi connectivity index (χ1) is 5.29. The van der Waals surface area contributed by atoms with E-state index in [0.717, 1.165) is 18.8 Å². The van der Waals surface area contributed by atoms with Crippen LogP contribution in [0, 0.1) is 5.92 Å². The van der Waals surface area contributed by atoms with Gasteiger partial charge < -0.3 is 5.11 Å². The second-order valence-electron chi connectivity index (χ2n) is 3.90. The van der Waals surface area contributed by atoms with Crippen molar-refractivity contribution in [3.63, 3.8) is 0 Å². The average molecular weight is 152 g/mol. The molecule has 0 heterocycles. The van der Waals surface area contributed by atoms with E-state index in [1.165, 1.54) is 24.8 Å². The Labute approximate surface area is 68.1 Å². The molecule has 1 nitrogen and oxygen atoms in total. The van der Waals surface area contributed by atoms with Gasteiger partial charge in [0.05, 0.1) is 6.10 Å². The van der Waals surface area contributed by atoms with Gasteiger partial charge in [-0.1, -0.05) is 12.5 Å². The summed E-state index contributed by atoms with van der Waals surface area (Å²) in [4.78, 5) is 0.